The SMILES string of the molecule is CC(C)Sc1cnn(-c2ccc(Cl)c(F)c2)c1N. The zero-order valence-corrected chi connectivity index (χ0v) is 11.6. The van der Waals surface area contributed by atoms with Gasteiger partial charge in [-0.25, -0.2) is 9.07 Å². The van der Waals surface area contributed by atoms with Gasteiger partial charge in [0.15, 0.2) is 0 Å². The molecule has 1 aromatic heterocycles. The second kappa shape index (κ2) is 5.20. The first-order chi connectivity index (χ1) is 8.49. The lowest BCUT2D eigenvalue weighted by atomic mass is 10.3. The standard InChI is InChI=1S/C12H13ClFN3S/c1-7(2)18-11-6-16-17(12(11)15)8-3-4-9(13)10(14)5-8/h3-7H,15H2,1-2H3. The van der Waals surface area contributed by atoms with Crippen molar-refractivity contribution in [2.75, 3.05) is 5.73 Å². The largest absolute Gasteiger partial charge is 0.383 e. The van der Waals surface area contributed by atoms with Gasteiger partial charge in [0, 0.05) is 11.3 Å². The molecule has 0 saturated heterocycles. The number of nitrogens with two attached hydrogens (primary N) is 1. The van der Waals surface area contributed by atoms with Crippen LogP contribution in [-0.2, 0) is 0 Å². The first kappa shape index (κ1) is 13.2. The maximum atomic E-state index is 13.4. The van der Waals surface area contributed by atoms with Crippen LogP contribution in [0.4, 0.5) is 10.2 Å². The Morgan fingerprint density at radius 1 is 1.44 bits per heavy atom. The Hall–Kier alpha value is -1.20. The Balaban J connectivity index is 2.39. The molecule has 0 radical (unpaired) electrons. The molecular weight excluding hydrogens is 273 g/mol. The Labute approximate surface area is 114 Å². The van der Waals surface area contributed by atoms with E-state index in [9.17, 15) is 4.39 Å². The molecule has 2 rings (SSSR count). The summed E-state index contributed by atoms with van der Waals surface area (Å²) >= 11 is 7.26. The summed E-state index contributed by atoms with van der Waals surface area (Å²) in [6.07, 6.45) is 1.69. The summed E-state index contributed by atoms with van der Waals surface area (Å²) in [5.74, 6) is 0.0255. The van der Waals surface area contributed by atoms with Crippen LogP contribution in [0.25, 0.3) is 5.69 Å². The topological polar surface area (TPSA) is 43.8 Å². The summed E-state index contributed by atoms with van der Waals surface area (Å²) in [6, 6.07) is 4.48. The van der Waals surface area contributed by atoms with Gasteiger partial charge in [-0.1, -0.05) is 25.4 Å². The van der Waals surface area contributed by atoms with Crippen molar-refractivity contribution in [2.45, 2.75) is 24.0 Å². The third-order valence-electron chi connectivity index (χ3n) is 2.28. The summed E-state index contributed by atoms with van der Waals surface area (Å²) in [7, 11) is 0. The number of thioether (sulfide) groups is 1. The molecule has 0 unspecified atom stereocenters. The van der Waals surface area contributed by atoms with E-state index in [1.165, 1.54) is 16.8 Å². The van der Waals surface area contributed by atoms with E-state index >= 15 is 0 Å². The van der Waals surface area contributed by atoms with Gasteiger partial charge in [0.1, 0.15) is 11.6 Å². The average molecular weight is 286 g/mol. The van der Waals surface area contributed by atoms with Crippen LogP contribution in [0.5, 0.6) is 0 Å². The molecule has 1 aromatic carbocycles. The molecule has 2 N–H and O–H groups in total. The van der Waals surface area contributed by atoms with Crippen molar-refractivity contribution >= 4 is 29.2 Å². The quantitative estimate of drug-likeness (QED) is 0.874. The Morgan fingerprint density at radius 3 is 2.78 bits per heavy atom. The van der Waals surface area contributed by atoms with Crippen LogP contribution in [0.3, 0.4) is 0 Å². The third-order valence-corrected chi connectivity index (χ3v) is 3.63. The average Bonchev–Trinajstić information content (AvgIpc) is 2.64. The molecule has 1 heterocycles. The first-order valence-electron chi connectivity index (χ1n) is 5.44. The minimum Gasteiger partial charge on any atom is -0.383 e. The van der Waals surface area contributed by atoms with Crippen molar-refractivity contribution in [3.8, 4) is 5.69 Å². The normalized spacial score (nSPS) is 11.2. The highest BCUT2D eigenvalue weighted by atomic mass is 35.5. The molecule has 0 aliphatic carbocycles. The molecule has 0 fully saturated rings. The van der Waals surface area contributed by atoms with E-state index in [0.29, 0.717) is 16.8 Å². The van der Waals surface area contributed by atoms with Gasteiger partial charge in [-0.3, -0.25) is 0 Å². The van der Waals surface area contributed by atoms with E-state index in [1.54, 1.807) is 24.0 Å². The fourth-order valence-electron chi connectivity index (χ4n) is 1.51. The summed E-state index contributed by atoms with van der Waals surface area (Å²) < 4.78 is 14.9. The Bertz CT molecular complexity index is 568. The van der Waals surface area contributed by atoms with E-state index in [2.05, 4.69) is 18.9 Å². The minimum absolute atomic E-state index is 0.0845. The number of benzene rings is 1. The van der Waals surface area contributed by atoms with Crippen LogP contribution in [0.2, 0.25) is 5.02 Å². The van der Waals surface area contributed by atoms with E-state index in [4.69, 9.17) is 17.3 Å². The van der Waals surface area contributed by atoms with Crippen LogP contribution >= 0.6 is 23.4 Å². The van der Waals surface area contributed by atoms with Gasteiger partial charge in [0.25, 0.3) is 0 Å². The highest BCUT2D eigenvalue weighted by Gasteiger charge is 2.12. The van der Waals surface area contributed by atoms with Crippen LogP contribution < -0.4 is 5.73 Å². The van der Waals surface area contributed by atoms with E-state index < -0.39 is 5.82 Å². The molecule has 96 valence electrons. The number of hydrogen-bond acceptors (Lipinski definition) is 3. The first-order valence-corrected chi connectivity index (χ1v) is 6.70. The fraction of sp³-hybridized carbons (Fsp3) is 0.250. The second-order valence-corrected chi connectivity index (χ2v) is 6.10. The van der Waals surface area contributed by atoms with E-state index in [0.717, 1.165) is 4.90 Å². The Morgan fingerprint density at radius 2 is 2.17 bits per heavy atom. The van der Waals surface area contributed by atoms with Crippen LogP contribution in [0.1, 0.15) is 13.8 Å². The number of hydrogen-bond donors (Lipinski definition) is 1. The lowest BCUT2D eigenvalue weighted by Crippen LogP contribution is -2.03. The molecule has 0 amide bonds. The molecule has 0 bridgehead atoms. The molecule has 6 heteroatoms. The van der Waals surface area contributed by atoms with Gasteiger partial charge >= 0.3 is 0 Å². The van der Waals surface area contributed by atoms with Gasteiger partial charge in [0.2, 0.25) is 0 Å². The number of halogens is 2. The van der Waals surface area contributed by atoms with Crippen molar-refractivity contribution < 1.29 is 4.39 Å². The maximum Gasteiger partial charge on any atom is 0.143 e. The van der Waals surface area contributed by atoms with Crippen LogP contribution in [0, 0.1) is 5.82 Å². The molecule has 3 nitrogen and oxygen atoms in total. The van der Waals surface area contributed by atoms with Gasteiger partial charge in [-0.05, 0) is 12.1 Å². The molecule has 2 aromatic rings. The van der Waals surface area contributed by atoms with Crippen molar-refractivity contribution in [1.82, 2.24) is 9.78 Å². The Kier molecular flexibility index (Phi) is 3.82. The van der Waals surface area contributed by atoms with Gasteiger partial charge < -0.3 is 5.73 Å². The molecule has 0 aliphatic heterocycles. The summed E-state index contributed by atoms with van der Waals surface area (Å²) in [5, 5.41) is 4.66. The van der Waals surface area contributed by atoms with E-state index in [-0.39, 0.29) is 5.02 Å². The van der Waals surface area contributed by atoms with E-state index in [1.807, 2.05) is 0 Å². The van der Waals surface area contributed by atoms with Crippen LogP contribution in [0.15, 0.2) is 29.3 Å². The van der Waals surface area contributed by atoms with Gasteiger partial charge in [-0.2, -0.15) is 5.10 Å². The number of nitrogen functional groups attached to an aromatic ring is 1. The predicted molar refractivity (Wildman–Crippen MR) is 73.9 cm³/mol. The predicted octanol–water partition coefficient (Wildman–Crippen LogP) is 3.75. The maximum absolute atomic E-state index is 13.4. The highest BCUT2D eigenvalue weighted by molar-refractivity contribution is 8.00. The van der Waals surface area contributed by atoms with Gasteiger partial charge in [0.05, 0.1) is 21.8 Å². The number of aromatic nitrogens is 2. The summed E-state index contributed by atoms with van der Waals surface area (Å²) in [4.78, 5) is 0.889. The monoisotopic (exact) mass is 285 g/mol. The molecule has 0 saturated carbocycles. The smallest absolute Gasteiger partial charge is 0.143 e. The molecular formula is C12H13ClFN3S. The zero-order chi connectivity index (χ0) is 13.3. The fourth-order valence-corrected chi connectivity index (χ4v) is 2.45. The number of rotatable bonds is 3. The van der Waals surface area contributed by atoms with Gasteiger partial charge in [-0.15, -0.1) is 11.8 Å². The third kappa shape index (κ3) is 2.62. The molecule has 0 atom stereocenters. The summed E-state index contributed by atoms with van der Waals surface area (Å²) in [6.45, 7) is 4.15. The second-order valence-electron chi connectivity index (χ2n) is 4.07. The molecule has 0 spiro atoms. The highest BCUT2D eigenvalue weighted by Crippen LogP contribution is 2.30. The number of nitrogens with zero attached hydrogens (tertiary/aromatic N) is 2. The number of anilines is 1. The lowest BCUT2D eigenvalue weighted by Gasteiger charge is -2.07. The summed E-state index contributed by atoms with van der Waals surface area (Å²) in [5.41, 5.74) is 6.56. The van der Waals surface area contributed by atoms with Crippen LogP contribution in [-0.4, -0.2) is 15.0 Å². The van der Waals surface area contributed by atoms with Crippen molar-refractivity contribution in [3.63, 3.8) is 0 Å². The minimum atomic E-state index is -0.484. The molecule has 0 aliphatic rings. The molecule has 18 heavy (non-hydrogen) atoms. The van der Waals surface area contributed by atoms with Crippen molar-refractivity contribution in [3.05, 3.63) is 35.2 Å². The zero-order valence-electron chi connectivity index (χ0n) is 10.0. The van der Waals surface area contributed by atoms with Crippen molar-refractivity contribution in [1.29, 1.82) is 0 Å². The lowest BCUT2D eigenvalue weighted by molar-refractivity contribution is 0.626. The van der Waals surface area contributed by atoms with Crippen molar-refractivity contribution in [2.24, 2.45) is 0 Å².